The van der Waals surface area contributed by atoms with E-state index in [9.17, 15) is 8.42 Å². The molecule has 1 rings (SSSR count). The predicted octanol–water partition coefficient (Wildman–Crippen LogP) is 3.43. The van der Waals surface area contributed by atoms with Gasteiger partial charge in [0.2, 0.25) is 10.0 Å². The molecule has 3 N–H and O–H groups in total. The van der Waals surface area contributed by atoms with Gasteiger partial charge < -0.3 is 5.73 Å². The zero-order valence-corrected chi connectivity index (χ0v) is 13.2. The Balaban J connectivity index is 3.14. The van der Waals surface area contributed by atoms with Crippen molar-refractivity contribution in [2.24, 2.45) is 0 Å². The number of nitrogen functional groups attached to an aromatic ring is 1. The van der Waals surface area contributed by atoms with E-state index < -0.39 is 10.0 Å². The third-order valence-corrected chi connectivity index (χ3v) is 5.02. The predicted molar refractivity (Wildman–Crippen MR) is 80.2 cm³/mol. The maximum atomic E-state index is 12.3. The molecule has 0 aliphatic heterocycles. The van der Waals surface area contributed by atoms with E-state index in [1.165, 1.54) is 12.1 Å². The highest BCUT2D eigenvalue weighted by atomic mass is 35.5. The van der Waals surface area contributed by atoms with Gasteiger partial charge in [0, 0.05) is 11.1 Å². The zero-order chi connectivity index (χ0) is 14.6. The minimum atomic E-state index is -3.74. The van der Waals surface area contributed by atoms with E-state index in [0.717, 1.165) is 12.8 Å². The molecule has 108 valence electrons. The molecule has 1 aromatic carbocycles. The maximum Gasteiger partial charge on any atom is 0.244 e. The van der Waals surface area contributed by atoms with Crippen molar-refractivity contribution < 1.29 is 8.42 Å². The molecule has 19 heavy (non-hydrogen) atoms. The number of nitrogens with one attached hydrogen (secondary N) is 1. The summed E-state index contributed by atoms with van der Waals surface area (Å²) < 4.78 is 27.2. The van der Waals surface area contributed by atoms with Crippen LogP contribution in [-0.4, -0.2) is 14.5 Å². The highest BCUT2D eigenvalue weighted by Crippen LogP contribution is 2.31. The van der Waals surface area contributed by atoms with Gasteiger partial charge >= 0.3 is 0 Å². The molecular formula is C12H18Cl2N2O2S. The third-order valence-electron chi connectivity index (χ3n) is 2.76. The van der Waals surface area contributed by atoms with Crippen LogP contribution in [0.25, 0.3) is 0 Å². The quantitative estimate of drug-likeness (QED) is 0.787. The van der Waals surface area contributed by atoms with E-state index in [0.29, 0.717) is 11.4 Å². The van der Waals surface area contributed by atoms with E-state index in [-0.39, 0.29) is 21.6 Å². The second-order valence-corrected chi connectivity index (χ2v) is 6.82. The molecule has 0 spiro atoms. The first-order chi connectivity index (χ1) is 8.81. The van der Waals surface area contributed by atoms with Crippen molar-refractivity contribution in [3.05, 3.63) is 22.2 Å². The fourth-order valence-corrected chi connectivity index (χ4v) is 4.18. The van der Waals surface area contributed by atoms with Crippen LogP contribution in [0.5, 0.6) is 0 Å². The van der Waals surface area contributed by atoms with E-state index >= 15 is 0 Å². The summed E-state index contributed by atoms with van der Waals surface area (Å²) in [6, 6.07) is 2.62. The summed E-state index contributed by atoms with van der Waals surface area (Å²) in [4.78, 5) is -0.104. The molecule has 0 saturated heterocycles. The van der Waals surface area contributed by atoms with Crippen LogP contribution in [0.2, 0.25) is 10.0 Å². The van der Waals surface area contributed by atoms with Crippen molar-refractivity contribution in [1.29, 1.82) is 0 Å². The lowest BCUT2D eigenvalue weighted by atomic mass is 10.1. The Bertz CT molecular complexity index is 524. The summed E-state index contributed by atoms with van der Waals surface area (Å²) in [7, 11) is -3.74. The molecule has 1 atom stereocenters. The van der Waals surface area contributed by atoms with Gasteiger partial charge in [-0.1, -0.05) is 43.5 Å². The maximum absolute atomic E-state index is 12.3. The van der Waals surface area contributed by atoms with Crippen LogP contribution in [-0.2, 0) is 10.0 Å². The number of sulfonamides is 1. The molecule has 4 nitrogen and oxygen atoms in total. The molecule has 7 heteroatoms. The minimum absolute atomic E-state index is 0.0313. The molecular weight excluding hydrogens is 307 g/mol. The molecule has 0 fully saturated rings. The lowest BCUT2D eigenvalue weighted by Crippen LogP contribution is -2.34. The highest BCUT2D eigenvalue weighted by molar-refractivity contribution is 7.89. The minimum Gasteiger partial charge on any atom is -0.398 e. The first-order valence-corrected chi connectivity index (χ1v) is 8.32. The normalized spacial score (nSPS) is 13.5. The molecule has 0 aromatic heterocycles. The van der Waals surface area contributed by atoms with Crippen LogP contribution in [0, 0.1) is 0 Å². The van der Waals surface area contributed by atoms with Crippen molar-refractivity contribution in [3.8, 4) is 0 Å². The van der Waals surface area contributed by atoms with E-state index in [4.69, 9.17) is 28.9 Å². The Kier molecular flexibility index (Phi) is 5.92. The second kappa shape index (κ2) is 6.79. The van der Waals surface area contributed by atoms with Crippen LogP contribution in [0.1, 0.15) is 33.1 Å². The third kappa shape index (κ3) is 4.24. The Hall–Kier alpha value is -0.490. The summed E-state index contributed by atoms with van der Waals surface area (Å²) in [6.45, 7) is 3.93. The van der Waals surface area contributed by atoms with Crippen molar-refractivity contribution in [1.82, 2.24) is 4.72 Å². The van der Waals surface area contributed by atoms with E-state index in [2.05, 4.69) is 4.72 Å². The van der Waals surface area contributed by atoms with Gasteiger partial charge in [-0.3, -0.25) is 0 Å². The summed E-state index contributed by atoms with van der Waals surface area (Å²) >= 11 is 11.7. The Morgan fingerprint density at radius 2 is 1.95 bits per heavy atom. The largest absolute Gasteiger partial charge is 0.398 e. The molecule has 0 saturated carbocycles. The molecule has 0 heterocycles. The van der Waals surface area contributed by atoms with Gasteiger partial charge in [-0.15, -0.1) is 0 Å². The van der Waals surface area contributed by atoms with Crippen LogP contribution < -0.4 is 10.5 Å². The summed E-state index contributed by atoms with van der Waals surface area (Å²) in [5.41, 5.74) is 5.76. The SMILES string of the molecule is CCCC(CC)NS(=O)(=O)c1c(N)cc(Cl)cc1Cl. The van der Waals surface area contributed by atoms with Gasteiger partial charge in [-0.05, 0) is 25.0 Å². The summed E-state index contributed by atoms with van der Waals surface area (Å²) in [6.07, 6.45) is 2.36. The number of halogens is 2. The van der Waals surface area contributed by atoms with Gasteiger partial charge in [-0.25, -0.2) is 13.1 Å². The number of anilines is 1. The van der Waals surface area contributed by atoms with Crippen LogP contribution in [0.15, 0.2) is 17.0 Å². The average Bonchev–Trinajstić information content (AvgIpc) is 2.25. The van der Waals surface area contributed by atoms with Gasteiger partial charge in [-0.2, -0.15) is 0 Å². The van der Waals surface area contributed by atoms with Gasteiger partial charge in [0.1, 0.15) is 4.90 Å². The average molecular weight is 325 g/mol. The first kappa shape index (κ1) is 16.6. The smallest absolute Gasteiger partial charge is 0.244 e. The number of hydrogen-bond donors (Lipinski definition) is 2. The molecule has 0 radical (unpaired) electrons. The molecule has 0 aliphatic carbocycles. The van der Waals surface area contributed by atoms with E-state index in [1.54, 1.807) is 0 Å². The van der Waals surface area contributed by atoms with Gasteiger partial charge in [0.05, 0.1) is 10.7 Å². The van der Waals surface area contributed by atoms with Crippen LogP contribution >= 0.6 is 23.2 Å². The zero-order valence-electron chi connectivity index (χ0n) is 10.9. The monoisotopic (exact) mass is 324 g/mol. The fraction of sp³-hybridized carbons (Fsp3) is 0.500. The summed E-state index contributed by atoms with van der Waals surface area (Å²) in [5, 5.41) is 0.339. The lowest BCUT2D eigenvalue weighted by molar-refractivity contribution is 0.513. The topological polar surface area (TPSA) is 72.2 Å². The van der Waals surface area contributed by atoms with Gasteiger partial charge in [0.15, 0.2) is 0 Å². The van der Waals surface area contributed by atoms with E-state index in [1.807, 2.05) is 13.8 Å². The molecule has 0 bridgehead atoms. The number of rotatable bonds is 6. The van der Waals surface area contributed by atoms with Crippen LogP contribution in [0.3, 0.4) is 0 Å². The molecule has 0 aliphatic rings. The standard InChI is InChI=1S/C12H18Cl2N2O2S/c1-3-5-9(4-2)16-19(17,18)12-10(14)6-8(13)7-11(12)15/h6-7,9,16H,3-5,15H2,1-2H3. The van der Waals surface area contributed by atoms with Crippen molar-refractivity contribution in [2.75, 3.05) is 5.73 Å². The van der Waals surface area contributed by atoms with Crippen LogP contribution in [0.4, 0.5) is 5.69 Å². The van der Waals surface area contributed by atoms with Crippen molar-refractivity contribution in [3.63, 3.8) is 0 Å². The van der Waals surface area contributed by atoms with Crippen molar-refractivity contribution in [2.45, 2.75) is 44.0 Å². The Labute approximate surface area is 124 Å². The lowest BCUT2D eigenvalue weighted by Gasteiger charge is -2.18. The van der Waals surface area contributed by atoms with Crippen molar-refractivity contribution >= 4 is 38.9 Å². The Morgan fingerprint density at radius 3 is 2.42 bits per heavy atom. The highest BCUT2D eigenvalue weighted by Gasteiger charge is 2.24. The second-order valence-electron chi connectivity index (χ2n) is 4.32. The molecule has 1 aromatic rings. The number of hydrogen-bond acceptors (Lipinski definition) is 3. The fourth-order valence-electron chi connectivity index (χ4n) is 1.84. The summed E-state index contributed by atoms with van der Waals surface area (Å²) in [5.74, 6) is 0. The number of benzene rings is 1. The molecule has 0 amide bonds. The molecule has 1 unspecified atom stereocenters. The first-order valence-electron chi connectivity index (χ1n) is 6.08. The Morgan fingerprint density at radius 1 is 1.32 bits per heavy atom. The van der Waals surface area contributed by atoms with Gasteiger partial charge in [0.25, 0.3) is 0 Å². The number of nitrogens with two attached hydrogens (primary N) is 1.